The summed E-state index contributed by atoms with van der Waals surface area (Å²) in [6.45, 7) is 6.97. The van der Waals surface area contributed by atoms with Gasteiger partial charge in [0.25, 0.3) is 0 Å². The maximum atomic E-state index is 12.5. The molecule has 1 aromatic carbocycles. The number of aryl methyl sites for hydroxylation is 2. The zero-order chi connectivity index (χ0) is 17.7. The van der Waals surface area contributed by atoms with Crippen LogP contribution in [0.5, 0.6) is 0 Å². The highest BCUT2D eigenvalue weighted by Gasteiger charge is 2.20. The number of hydrogen-bond donors (Lipinski definition) is 2. The summed E-state index contributed by atoms with van der Waals surface area (Å²) in [5.74, 6) is 0.357. The molecule has 1 aliphatic heterocycles. The van der Waals surface area contributed by atoms with Gasteiger partial charge in [-0.15, -0.1) is 0 Å². The smallest absolute Gasteiger partial charge is 0.240 e. The summed E-state index contributed by atoms with van der Waals surface area (Å²) < 4.78 is 27.6. The second-order valence-corrected chi connectivity index (χ2v) is 8.75. The molecule has 0 saturated carbocycles. The molecule has 1 saturated heterocycles. The topological polar surface area (TPSA) is 69.6 Å². The molecule has 0 amide bonds. The van der Waals surface area contributed by atoms with E-state index in [0.29, 0.717) is 27.9 Å². The Balaban J connectivity index is 1.86. The van der Waals surface area contributed by atoms with Crippen molar-refractivity contribution >= 4 is 21.6 Å². The number of nitrogens with zero attached hydrogens (tertiary/aromatic N) is 1. The van der Waals surface area contributed by atoms with E-state index in [2.05, 4.69) is 9.62 Å². The molecule has 1 fully saturated rings. The van der Waals surface area contributed by atoms with Crippen LogP contribution in [-0.2, 0) is 10.0 Å². The average Bonchev–Trinajstić information content (AvgIpc) is 2.55. The van der Waals surface area contributed by atoms with Gasteiger partial charge in [0.15, 0.2) is 0 Å². The van der Waals surface area contributed by atoms with Crippen LogP contribution in [0.15, 0.2) is 17.0 Å². The Morgan fingerprint density at radius 3 is 2.79 bits per heavy atom. The van der Waals surface area contributed by atoms with Gasteiger partial charge in [0.1, 0.15) is 0 Å². The minimum Gasteiger partial charge on any atom is -0.396 e. The van der Waals surface area contributed by atoms with E-state index in [9.17, 15) is 13.5 Å². The number of piperidine rings is 1. The van der Waals surface area contributed by atoms with Crippen LogP contribution in [0, 0.1) is 19.8 Å². The van der Waals surface area contributed by atoms with Gasteiger partial charge < -0.3 is 10.0 Å². The lowest BCUT2D eigenvalue weighted by atomic mass is 9.99. The molecule has 2 rings (SSSR count). The summed E-state index contributed by atoms with van der Waals surface area (Å²) >= 11 is 6.03. The van der Waals surface area contributed by atoms with Crippen molar-refractivity contribution in [3.63, 3.8) is 0 Å². The van der Waals surface area contributed by atoms with Gasteiger partial charge in [-0.25, -0.2) is 13.1 Å². The second-order valence-electron chi connectivity index (χ2n) is 6.61. The van der Waals surface area contributed by atoms with Crippen LogP contribution < -0.4 is 4.72 Å². The summed E-state index contributed by atoms with van der Waals surface area (Å²) in [6, 6.07) is 3.31. The Morgan fingerprint density at radius 1 is 1.33 bits per heavy atom. The van der Waals surface area contributed by atoms with Gasteiger partial charge in [0.2, 0.25) is 10.0 Å². The molecule has 1 aliphatic rings. The Kier molecular flexibility index (Phi) is 7.07. The molecule has 0 aromatic heterocycles. The first-order valence-corrected chi connectivity index (χ1v) is 10.3. The summed E-state index contributed by atoms with van der Waals surface area (Å²) in [5.41, 5.74) is 1.41. The predicted octanol–water partition coefficient (Wildman–Crippen LogP) is 2.33. The lowest BCUT2D eigenvalue weighted by Gasteiger charge is -2.31. The fourth-order valence-electron chi connectivity index (χ4n) is 3.13. The van der Waals surface area contributed by atoms with Crippen molar-refractivity contribution in [2.45, 2.75) is 38.0 Å². The van der Waals surface area contributed by atoms with E-state index < -0.39 is 10.0 Å². The zero-order valence-electron chi connectivity index (χ0n) is 14.4. The van der Waals surface area contributed by atoms with Crippen LogP contribution in [0.25, 0.3) is 0 Å². The van der Waals surface area contributed by atoms with E-state index in [-0.39, 0.29) is 6.61 Å². The Morgan fingerprint density at radius 2 is 2.08 bits per heavy atom. The van der Waals surface area contributed by atoms with Crippen molar-refractivity contribution in [1.29, 1.82) is 0 Å². The van der Waals surface area contributed by atoms with E-state index in [1.807, 2.05) is 0 Å². The maximum absolute atomic E-state index is 12.5. The number of likely N-dealkylation sites (tertiary alicyclic amines) is 1. The van der Waals surface area contributed by atoms with Crippen LogP contribution in [-0.4, -0.2) is 51.2 Å². The fraction of sp³-hybridized carbons (Fsp3) is 0.647. The minimum absolute atomic E-state index is 0.234. The summed E-state index contributed by atoms with van der Waals surface area (Å²) in [5, 5.41) is 9.83. The minimum atomic E-state index is -3.52. The van der Waals surface area contributed by atoms with Crippen molar-refractivity contribution in [1.82, 2.24) is 9.62 Å². The summed E-state index contributed by atoms with van der Waals surface area (Å²) in [4.78, 5) is 2.60. The molecule has 7 heteroatoms. The number of nitrogens with one attached hydrogen (secondary N) is 1. The molecular formula is C17H27ClN2O3S. The third kappa shape index (κ3) is 5.17. The van der Waals surface area contributed by atoms with E-state index in [0.717, 1.165) is 44.5 Å². The molecule has 0 unspecified atom stereocenters. The monoisotopic (exact) mass is 374 g/mol. The first-order chi connectivity index (χ1) is 11.3. The Labute approximate surface area is 150 Å². The van der Waals surface area contributed by atoms with E-state index in [4.69, 9.17) is 11.6 Å². The van der Waals surface area contributed by atoms with Gasteiger partial charge in [-0.3, -0.25) is 0 Å². The first-order valence-electron chi connectivity index (χ1n) is 8.43. The van der Waals surface area contributed by atoms with Crippen molar-refractivity contribution in [3.05, 3.63) is 28.3 Å². The Bertz CT molecular complexity index is 664. The van der Waals surface area contributed by atoms with Gasteiger partial charge >= 0.3 is 0 Å². The number of sulfonamides is 1. The van der Waals surface area contributed by atoms with Gasteiger partial charge in [-0.2, -0.15) is 0 Å². The Hall–Kier alpha value is -0.660. The van der Waals surface area contributed by atoms with E-state index >= 15 is 0 Å². The number of halogens is 1. The highest BCUT2D eigenvalue weighted by atomic mass is 35.5. The van der Waals surface area contributed by atoms with Crippen LogP contribution in [0.4, 0.5) is 0 Å². The number of aliphatic hydroxyl groups excluding tert-OH is 1. The number of aliphatic hydroxyl groups is 1. The van der Waals surface area contributed by atoms with Crippen molar-refractivity contribution in [2.75, 3.05) is 32.8 Å². The second kappa shape index (κ2) is 8.63. The molecule has 0 bridgehead atoms. The maximum Gasteiger partial charge on any atom is 0.240 e. The predicted molar refractivity (Wildman–Crippen MR) is 97.0 cm³/mol. The van der Waals surface area contributed by atoms with Crippen LogP contribution in [0.1, 0.15) is 30.4 Å². The van der Waals surface area contributed by atoms with Crippen molar-refractivity contribution < 1.29 is 13.5 Å². The van der Waals surface area contributed by atoms with Crippen molar-refractivity contribution in [2.24, 2.45) is 5.92 Å². The largest absolute Gasteiger partial charge is 0.396 e. The van der Waals surface area contributed by atoms with Gasteiger partial charge in [0.05, 0.1) is 4.90 Å². The van der Waals surface area contributed by atoms with Gasteiger partial charge in [-0.05, 0) is 75.4 Å². The molecule has 0 radical (unpaired) electrons. The summed E-state index contributed by atoms with van der Waals surface area (Å²) in [7, 11) is -3.52. The normalized spacial score (nSPS) is 19.6. The molecular weight excluding hydrogens is 348 g/mol. The van der Waals surface area contributed by atoms with E-state index in [1.54, 1.807) is 26.0 Å². The van der Waals surface area contributed by atoms with Gasteiger partial charge in [0, 0.05) is 24.7 Å². The third-order valence-electron chi connectivity index (χ3n) is 4.55. The third-order valence-corrected chi connectivity index (χ3v) is 6.56. The molecule has 1 atom stereocenters. The van der Waals surface area contributed by atoms with Gasteiger partial charge in [-0.1, -0.05) is 11.6 Å². The molecule has 0 aliphatic carbocycles. The first kappa shape index (κ1) is 19.7. The van der Waals surface area contributed by atoms with Crippen LogP contribution >= 0.6 is 11.6 Å². The highest BCUT2D eigenvalue weighted by Crippen LogP contribution is 2.23. The highest BCUT2D eigenvalue weighted by molar-refractivity contribution is 7.89. The molecule has 5 nitrogen and oxygen atoms in total. The molecule has 24 heavy (non-hydrogen) atoms. The average molecular weight is 375 g/mol. The zero-order valence-corrected chi connectivity index (χ0v) is 16.0. The number of hydrogen-bond acceptors (Lipinski definition) is 4. The lowest BCUT2D eigenvalue weighted by Crippen LogP contribution is -2.38. The van der Waals surface area contributed by atoms with Crippen LogP contribution in [0.2, 0.25) is 5.02 Å². The quantitative estimate of drug-likeness (QED) is 0.719. The number of benzene rings is 1. The molecule has 1 heterocycles. The number of rotatable bonds is 7. The van der Waals surface area contributed by atoms with Crippen LogP contribution in [0.3, 0.4) is 0 Å². The molecule has 0 spiro atoms. The lowest BCUT2D eigenvalue weighted by molar-refractivity contribution is 0.120. The van der Waals surface area contributed by atoms with Crippen molar-refractivity contribution in [3.8, 4) is 0 Å². The van der Waals surface area contributed by atoms with E-state index in [1.165, 1.54) is 0 Å². The molecule has 2 N–H and O–H groups in total. The molecule has 136 valence electrons. The SMILES string of the molecule is Cc1cc(S(=O)(=O)NCCCN2CCC[C@@H](CO)C2)c(C)cc1Cl. The fourth-order valence-corrected chi connectivity index (χ4v) is 4.74. The summed E-state index contributed by atoms with van der Waals surface area (Å²) in [6.07, 6.45) is 2.93. The molecule has 1 aromatic rings. The standard InChI is InChI=1S/C17H27ClN2O3S/c1-13-10-17(14(2)9-16(13)18)24(22,23)19-6-4-8-20-7-3-5-15(11-20)12-21/h9-10,15,19,21H,3-8,11-12H2,1-2H3/t15-/m1/s1.